The highest BCUT2D eigenvalue weighted by molar-refractivity contribution is 8.00. The Balaban J connectivity index is 1.41. The smallest absolute Gasteiger partial charge is 0.305 e. The minimum absolute atomic E-state index is 0.137. The number of benzene rings is 3. The molecule has 6 rings (SSSR count). The van der Waals surface area contributed by atoms with E-state index in [9.17, 15) is 24.5 Å². The maximum absolute atomic E-state index is 13.9. The van der Waals surface area contributed by atoms with Gasteiger partial charge in [-0.05, 0) is 36.2 Å². The molecule has 2 amide bonds. The number of fused-ring (bicyclic) bond motifs is 2. The molecule has 9 nitrogen and oxygen atoms in total. The Labute approximate surface area is 230 Å². The number of aromatic nitrogens is 1. The maximum atomic E-state index is 13.9. The number of amides is 2. The Hall–Kier alpha value is -4.22. The second kappa shape index (κ2) is 9.83. The molecule has 0 bridgehead atoms. The Morgan fingerprint density at radius 2 is 1.69 bits per heavy atom. The molecule has 3 heterocycles. The number of carbonyl (C=O) groups excluding carboxylic acids is 2. The molecular formula is C28H21N3O6S2. The summed E-state index contributed by atoms with van der Waals surface area (Å²) in [6, 6.07) is 20.6. The van der Waals surface area contributed by atoms with Gasteiger partial charge in [0, 0.05) is 28.5 Å². The normalized spacial score (nSPS) is 20.0. The van der Waals surface area contributed by atoms with Gasteiger partial charge in [-0.15, -0.1) is 0 Å². The molecule has 3 aromatic carbocycles. The molecule has 1 N–H and O–H groups in total. The number of aryl methyl sites for hydroxylation is 1. The molecular weight excluding hydrogens is 538 g/mol. The number of thioether (sulfide) groups is 1. The van der Waals surface area contributed by atoms with Crippen molar-refractivity contribution in [1.29, 1.82) is 0 Å². The molecule has 1 aromatic heterocycles. The zero-order chi connectivity index (χ0) is 27.3. The fourth-order valence-electron chi connectivity index (χ4n) is 5.13. The van der Waals surface area contributed by atoms with Crippen molar-refractivity contribution >= 4 is 46.3 Å². The number of nitrogens with one attached hydrogen (secondary N) is 1. The topological polar surface area (TPSA) is 123 Å². The number of carbonyl (C=O) groups is 2. The molecule has 3 atom stereocenters. The highest BCUT2D eigenvalue weighted by Crippen LogP contribution is 2.54. The number of para-hydroxylation sites is 1. The number of thiazole rings is 1. The summed E-state index contributed by atoms with van der Waals surface area (Å²) < 4.78 is 6.27. The van der Waals surface area contributed by atoms with Crippen molar-refractivity contribution in [1.82, 2.24) is 4.98 Å². The van der Waals surface area contributed by atoms with Crippen LogP contribution in [0.25, 0.3) is 0 Å². The number of hydrogen-bond acceptors (Lipinski definition) is 8. The van der Waals surface area contributed by atoms with Gasteiger partial charge in [0.1, 0.15) is 17.6 Å². The van der Waals surface area contributed by atoms with Crippen molar-refractivity contribution in [2.45, 2.75) is 29.7 Å². The van der Waals surface area contributed by atoms with E-state index in [1.54, 1.807) is 0 Å². The fourth-order valence-corrected chi connectivity index (χ4v) is 7.63. The van der Waals surface area contributed by atoms with Gasteiger partial charge in [0.25, 0.3) is 5.69 Å². The third-order valence-electron chi connectivity index (χ3n) is 7.04. The first-order valence-corrected chi connectivity index (χ1v) is 13.8. The van der Waals surface area contributed by atoms with Gasteiger partial charge in [0.05, 0.1) is 21.6 Å². The number of hydrogen-bond donors (Lipinski definition) is 1. The summed E-state index contributed by atoms with van der Waals surface area (Å²) in [5, 5.41) is 10.9. The number of nitro benzene ring substituents is 1. The van der Waals surface area contributed by atoms with Crippen LogP contribution in [-0.4, -0.2) is 27.0 Å². The number of imide groups is 1. The van der Waals surface area contributed by atoms with Crippen LogP contribution in [0.1, 0.15) is 27.5 Å². The average Bonchev–Trinajstić information content (AvgIpc) is 3.42. The van der Waals surface area contributed by atoms with Crippen molar-refractivity contribution in [3.05, 3.63) is 114 Å². The molecule has 0 saturated carbocycles. The van der Waals surface area contributed by atoms with Gasteiger partial charge in [-0.25, -0.2) is 4.90 Å². The zero-order valence-electron chi connectivity index (χ0n) is 20.5. The Morgan fingerprint density at radius 3 is 2.44 bits per heavy atom. The van der Waals surface area contributed by atoms with Crippen LogP contribution in [-0.2, 0) is 16.2 Å². The lowest BCUT2D eigenvalue weighted by Crippen LogP contribution is -2.32. The highest BCUT2D eigenvalue weighted by atomic mass is 32.2. The minimum atomic E-state index is -0.792. The average molecular weight is 560 g/mol. The summed E-state index contributed by atoms with van der Waals surface area (Å²) in [5.74, 6) is -1.67. The van der Waals surface area contributed by atoms with E-state index >= 15 is 0 Å². The second-order valence-corrected chi connectivity index (χ2v) is 11.5. The van der Waals surface area contributed by atoms with E-state index in [0.29, 0.717) is 27.8 Å². The first-order chi connectivity index (χ1) is 18.8. The monoisotopic (exact) mass is 559 g/mol. The third kappa shape index (κ3) is 4.33. The summed E-state index contributed by atoms with van der Waals surface area (Å²) in [7, 11) is 0. The van der Waals surface area contributed by atoms with Gasteiger partial charge in [0.15, 0.2) is 0 Å². The Bertz CT molecular complexity index is 1680. The van der Waals surface area contributed by atoms with E-state index in [1.807, 2.05) is 55.5 Å². The van der Waals surface area contributed by atoms with Crippen LogP contribution in [0, 0.1) is 23.0 Å². The predicted molar refractivity (Wildman–Crippen MR) is 147 cm³/mol. The van der Waals surface area contributed by atoms with Crippen LogP contribution in [0.2, 0.25) is 0 Å². The van der Waals surface area contributed by atoms with E-state index < -0.39 is 33.8 Å². The summed E-state index contributed by atoms with van der Waals surface area (Å²) in [5.41, 5.74) is 2.95. The second-order valence-electron chi connectivity index (χ2n) is 9.29. The molecule has 39 heavy (non-hydrogen) atoms. The van der Waals surface area contributed by atoms with E-state index in [4.69, 9.17) is 4.74 Å². The SMILES string of the molecule is Cc1ccccc1COc1ccccc1[C@@H]1c2sc(=O)[nH]c2S[C@H]2C(=O)N(c3ccc([N+](=O)[O-])cc3)C(=O)[C@@H]12. The number of aromatic amines is 1. The molecule has 4 aromatic rings. The molecule has 0 unspecified atom stereocenters. The number of ether oxygens (including phenoxy) is 1. The molecule has 2 aliphatic heterocycles. The maximum Gasteiger partial charge on any atom is 0.305 e. The molecule has 196 valence electrons. The van der Waals surface area contributed by atoms with Gasteiger partial charge < -0.3 is 9.72 Å². The van der Waals surface area contributed by atoms with E-state index in [2.05, 4.69) is 4.98 Å². The van der Waals surface area contributed by atoms with Crippen molar-refractivity contribution in [3.63, 3.8) is 0 Å². The third-order valence-corrected chi connectivity index (χ3v) is 9.44. The lowest BCUT2D eigenvalue weighted by atomic mass is 9.82. The minimum Gasteiger partial charge on any atom is -0.489 e. The summed E-state index contributed by atoms with van der Waals surface area (Å²) >= 11 is 2.21. The molecule has 1 fully saturated rings. The highest BCUT2D eigenvalue weighted by Gasteiger charge is 2.56. The first-order valence-electron chi connectivity index (χ1n) is 12.1. The van der Waals surface area contributed by atoms with Crippen molar-refractivity contribution in [2.24, 2.45) is 5.92 Å². The van der Waals surface area contributed by atoms with Crippen molar-refractivity contribution in [3.8, 4) is 5.75 Å². The fraction of sp³-hybridized carbons (Fsp3) is 0.179. The first kappa shape index (κ1) is 25.1. The van der Waals surface area contributed by atoms with Crippen LogP contribution in [0.15, 0.2) is 82.6 Å². The summed E-state index contributed by atoms with van der Waals surface area (Å²) in [6.07, 6.45) is 0. The van der Waals surface area contributed by atoms with Crippen LogP contribution >= 0.6 is 23.1 Å². The number of rotatable bonds is 6. The molecule has 11 heteroatoms. The van der Waals surface area contributed by atoms with E-state index in [0.717, 1.165) is 27.4 Å². The molecule has 0 aliphatic carbocycles. The lowest BCUT2D eigenvalue weighted by molar-refractivity contribution is -0.384. The van der Waals surface area contributed by atoms with Crippen LogP contribution in [0.5, 0.6) is 5.75 Å². The Morgan fingerprint density at radius 1 is 0.974 bits per heavy atom. The van der Waals surface area contributed by atoms with Gasteiger partial charge >= 0.3 is 4.87 Å². The molecule has 0 radical (unpaired) electrons. The van der Waals surface area contributed by atoms with Gasteiger partial charge in [0.2, 0.25) is 11.8 Å². The van der Waals surface area contributed by atoms with Gasteiger partial charge in [-0.3, -0.25) is 24.5 Å². The van der Waals surface area contributed by atoms with Crippen LogP contribution in [0.3, 0.4) is 0 Å². The quantitative estimate of drug-likeness (QED) is 0.200. The summed E-state index contributed by atoms with van der Waals surface area (Å²) in [6.45, 7) is 2.32. The number of non-ortho nitro benzene ring substituents is 1. The van der Waals surface area contributed by atoms with Gasteiger partial charge in [-0.2, -0.15) is 0 Å². The van der Waals surface area contributed by atoms with E-state index in [1.165, 1.54) is 36.0 Å². The number of anilines is 1. The summed E-state index contributed by atoms with van der Waals surface area (Å²) in [4.78, 5) is 54.9. The lowest BCUT2D eigenvalue weighted by Gasteiger charge is -2.30. The van der Waals surface area contributed by atoms with Gasteiger partial charge in [-0.1, -0.05) is 65.6 Å². The van der Waals surface area contributed by atoms with E-state index in [-0.39, 0.29) is 16.2 Å². The zero-order valence-corrected chi connectivity index (χ0v) is 22.2. The molecule has 0 spiro atoms. The van der Waals surface area contributed by atoms with Crippen LogP contribution in [0.4, 0.5) is 11.4 Å². The number of H-pyrrole nitrogens is 1. The van der Waals surface area contributed by atoms with Crippen molar-refractivity contribution < 1.29 is 19.2 Å². The number of nitrogens with zero attached hydrogens (tertiary/aromatic N) is 2. The number of nitro groups is 1. The predicted octanol–water partition coefficient (Wildman–Crippen LogP) is 5.03. The Kier molecular flexibility index (Phi) is 6.32. The largest absolute Gasteiger partial charge is 0.489 e. The standard InChI is InChI=1S/C28H21N3O6S2/c1-15-6-2-3-7-16(15)14-37-20-9-5-4-8-19(20)21-22-24(38-25-23(21)39-28(34)29-25)27(33)30(26(22)32)17-10-12-18(13-11-17)31(35)36/h2-13,21-22,24H,14H2,1H3,(H,29,34)/t21-,22-,24+/m0/s1. The van der Waals surface area contributed by atoms with Crippen LogP contribution < -0.4 is 14.5 Å². The molecule has 1 saturated heterocycles. The van der Waals surface area contributed by atoms with Crippen molar-refractivity contribution in [2.75, 3.05) is 4.90 Å². The molecule has 2 aliphatic rings.